The molecule has 0 saturated carbocycles. The van der Waals surface area contributed by atoms with Crippen LogP contribution in [0.1, 0.15) is 13.3 Å². The molecule has 1 aliphatic heterocycles. The lowest BCUT2D eigenvalue weighted by Gasteiger charge is -2.33. The minimum absolute atomic E-state index is 0.122. The van der Waals surface area contributed by atoms with E-state index in [4.69, 9.17) is 21.1 Å². The maximum atomic E-state index is 12.6. The van der Waals surface area contributed by atoms with Gasteiger partial charge >= 0.3 is 0 Å². The highest BCUT2D eigenvalue weighted by molar-refractivity contribution is 6.29. The van der Waals surface area contributed by atoms with Crippen molar-refractivity contribution in [3.63, 3.8) is 0 Å². The van der Waals surface area contributed by atoms with Crippen molar-refractivity contribution in [1.29, 1.82) is 0 Å². The molecule has 1 atom stereocenters. The van der Waals surface area contributed by atoms with Gasteiger partial charge in [-0.15, -0.1) is 11.6 Å². The Labute approximate surface area is 163 Å². The van der Waals surface area contributed by atoms with Crippen molar-refractivity contribution in [2.24, 2.45) is 0 Å². The third-order valence-corrected chi connectivity index (χ3v) is 4.35. The van der Waals surface area contributed by atoms with Crippen LogP contribution >= 0.6 is 11.6 Å². The Bertz CT molecular complexity index is 813. The number of anilines is 2. The summed E-state index contributed by atoms with van der Waals surface area (Å²) in [6.07, 6.45) is 0.0984. The topological polar surface area (TPSA) is 67.9 Å². The van der Waals surface area contributed by atoms with Crippen molar-refractivity contribution in [2.75, 3.05) is 29.2 Å². The number of alkyl halides is 1. The van der Waals surface area contributed by atoms with Crippen LogP contribution in [0.5, 0.6) is 11.5 Å². The number of ether oxygens (including phenoxy) is 2. The highest BCUT2D eigenvalue weighted by atomic mass is 35.5. The molecule has 6 nitrogen and oxygen atoms in total. The standard InChI is InChI=1S/C20H21ClN2O4/c1-14-20(25)23(10-5-11-26-16-6-3-2-4-7-16)17-12-15(22-19(24)13-21)8-9-18(17)27-14/h2-4,6-9,12,14H,5,10-11,13H2,1H3,(H,22,24). The zero-order valence-corrected chi connectivity index (χ0v) is 15.7. The fourth-order valence-corrected chi connectivity index (χ4v) is 2.91. The first-order valence-corrected chi connectivity index (χ1v) is 9.27. The number of amides is 2. The second kappa shape index (κ2) is 8.77. The van der Waals surface area contributed by atoms with Gasteiger partial charge in [0.25, 0.3) is 5.91 Å². The zero-order chi connectivity index (χ0) is 19.2. The van der Waals surface area contributed by atoms with Crippen LogP contribution < -0.4 is 19.7 Å². The van der Waals surface area contributed by atoms with Crippen molar-refractivity contribution in [3.05, 3.63) is 48.5 Å². The number of hydrogen-bond donors (Lipinski definition) is 1. The van der Waals surface area contributed by atoms with E-state index in [1.165, 1.54) is 0 Å². The Morgan fingerprint density at radius 2 is 2.04 bits per heavy atom. The number of carbonyl (C=O) groups is 2. The summed E-state index contributed by atoms with van der Waals surface area (Å²) >= 11 is 5.54. The molecule has 1 unspecified atom stereocenters. The molecule has 0 fully saturated rings. The lowest BCUT2D eigenvalue weighted by Crippen LogP contribution is -2.45. The van der Waals surface area contributed by atoms with Gasteiger partial charge in [0, 0.05) is 12.2 Å². The van der Waals surface area contributed by atoms with E-state index >= 15 is 0 Å². The van der Waals surface area contributed by atoms with E-state index in [-0.39, 0.29) is 17.7 Å². The molecule has 0 aliphatic carbocycles. The number of nitrogens with zero attached hydrogens (tertiary/aromatic N) is 1. The van der Waals surface area contributed by atoms with E-state index in [0.717, 1.165) is 5.75 Å². The van der Waals surface area contributed by atoms with Crippen molar-refractivity contribution in [1.82, 2.24) is 0 Å². The van der Waals surface area contributed by atoms with Gasteiger partial charge in [0.05, 0.1) is 12.3 Å². The smallest absolute Gasteiger partial charge is 0.267 e. The van der Waals surface area contributed by atoms with Crippen LogP contribution in [0.4, 0.5) is 11.4 Å². The van der Waals surface area contributed by atoms with Crippen molar-refractivity contribution in [3.8, 4) is 11.5 Å². The second-order valence-electron chi connectivity index (χ2n) is 6.13. The van der Waals surface area contributed by atoms with Crippen LogP contribution in [0.2, 0.25) is 0 Å². The fraction of sp³-hybridized carbons (Fsp3) is 0.300. The maximum Gasteiger partial charge on any atom is 0.267 e. The highest BCUT2D eigenvalue weighted by Gasteiger charge is 2.31. The number of benzene rings is 2. The second-order valence-corrected chi connectivity index (χ2v) is 6.40. The molecule has 0 bridgehead atoms. The van der Waals surface area contributed by atoms with Gasteiger partial charge < -0.3 is 19.7 Å². The summed E-state index contributed by atoms with van der Waals surface area (Å²) in [6.45, 7) is 2.70. The average molecular weight is 389 g/mol. The quantitative estimate of drug-likeness (QED) is 0.582. The summed E-state index contributed by atoms with van der Waals surface area (Å²) in [4.78, 5) is 25.8. The Balaban J connectivity index is 1.69. The molecule has 142 valence electrons. The normalized spacial score (nSPS) is 15.7. The molecule has 2 amide bonds. The van der Waals surface area contributed by atoms with Crippen LogP contribution in [-0.2, 0) is 9.59 Å². The first-order chi connectivity index (χ1) is 13.1. The predicted octanol–water partition coefficient (Wildman–Crippen LogP) is 3.45. The molecule has 2 aromatic carbocycles. The fourth-order valence-electron chi connectivity index (χ4n) is 2.84. The maximum absolute atomic E-state index is 12.6. The van der Waals surface area contributed by atoms with Crippen molar-refractivity contribution in [2.45, 2.75) is 19.4 Å². The number of rotatable bonds is 7. The number of nitrogens with one attached hydrogen (secondary N) is 1. The summed E-state index contributed by atoms with van der Waals surface area (Å²) in [5.41, 5.74) is 1.20. The summed E-state index contributed by atoms with van der Waals surface area (Å²) in [5, 5.41) is 2.69. The van der Waals surface area contributed by atoms with Crippen molar-refractivity contribution >= 4 is 34.8 Å². The van der Waals surface area contributed by atoms with Crippen LogP contribution in [0.3, 0.4) is 0 Å². The first kappa shape index (κ1) is 19.0. The van der Waals surface area contributed by atoms with E-state index in [2.05, 4.69) is 5.32 Å². The summed E-state index contributed by atoms with van der Waals surface area (Å²) in [6, 6.07) is 14.7. The van der Waals surface area contributed by atoms with Gasteiger partial charge in [0.2, 0.25) is 5.91 Å². The van der Waals surface area contributed by atoms with Crippen LogP contribution in [0.15, 0.2) is 48.5 Å². The number of fused-ring (bicyclic) bond motifs is 1. The molecule has 0 spiro atoms. The number of para-hydroxylation sites is 1. The Kier molecular flexibility index (Phi) is 6.19. The predicted molar refractivity (Wildman–Crippen MR) is 105 cm³/mol. The molecule has 7 heteroatoms. The molecule has 3 rings (SSSR count). The first-order valence-electron chi connectivity index (χ1n) is 8.74. The molecular weight excluding hydrogens is 368 g/mol. The molecular formula is C20H21ClN2O4. The van der Waals surface area contributed by atoms with E-state index < -0.39 is 6.10 Å². The lowest BCUT2D eigenvalue weighted by molar-refractivity contribution is -0.125. The largest absolute Gasteiger partial charge is 0.494 e. The molecule has 1 N–H and O–H groups in total. The van der Waals surface area contributed by atoms with E-state index in [9.17, 15) is 9.59 Å². The van der Waals surface area contributed by atoms with Gasteiger partial charge in [0.15, 0.2) is 6.10 Å². The van der Waals surface area contributed by atoms with Gasteiger partial charge in [-0.1, -0.05) is 18.2 Å². The number of halogens is 1. The summed E-state index contributed by atoms with van der Waals surface area (Å²) in [5.74, 6) is 0.837. The lowest BCUT2D eigenvalue weighted by atomic mass is 10.1. The van der Waals surface area contributed by atoms with Crippen LogP contribution in [-0.4, -0.2) is 36.9 Å². The third-order valence-electron chi connectivity index (χ3n) is 4.11. The van der Waals surface area contributed by atoms with Gasteiger partial charge in [-0.3, -0.25) is 9.59 Å². The average Bonchev–Trinajstić information content (AvgIpc) is 2.69. The molecule has 0 saturated heterocycles. The van der Waals surface area contributed by atoms with E-state index in [1.54, 1.807) is 30.0 Å². The van der Waals surface area contributed by atoms with Crippen LogP contribution in [0.25, 0.3) is 0 Å². The van der Waals surface area contributed by atoms with Gasteiger partial charge in [-0.2, -0.15) is 0 Å². The van der Waals surface area contributed by atoms with Gasteiger partial charge in [-0.05, 0) is 43.7 Å². The molecule has 1 aliphatic rings. The summed E-state index contributed by atoms with van der Waals surface area (Å²) in [7, 11) is 0. The SMILES string of the molecule is CC1Oc2ccc(NC(=O)CCl)cc2N(CCCOc2ccccc2)C1=O. The zero-order valence-electron chi connectivity index (χ0n) is 15.0. The monoisotopic (exact) mass is 388 g/mol. The van der Waals surface area contributed by atoms with E-state index in [1.807, 2.05) is 30.3 Å². The van der Waals surface area contributed by atoms with E-state index in [0.29, 0.717) is 36.7 Å². The minimum Gasteiger partial charge on any atom is -0.494 e. The Morgan fingerprint density at radius 3 is 2.78 bits per heavy atom. The molecule has 27 heavy (non-hydrogen) atoms. The van der Waals surface area contributed by atoms with Crippen molar-refractivity contribution < 1.29 is 19.1 Å². The highest BCUT2D eigenvalue weighted by Crippen LogP contribution is 2.36. The van der Waals surface area contributed by atoms with Gasteiger partial charge in [0.1, 0.15) is 17.4 Å². The summed E-state index contributed by atoms with van der Waals surface area (Å²) < 4.78 is 11.4. The minimum atomic E-state index is -0.559. The molecule has 0 aromatic heterocycles. The number of carbonyl (C=O) groups excluding carboxylic acids is 2. The number of hydrogen-bond acceptors (Lipinski definition) is 4. The van der Waals surface area contributed by atoms with Crippen LogP contribution in [0, 0.1) is 0 Å². The Morgan fingerprint density at radius 1 is 1.26 bits per heavy atom. The third kappa shape index (κ3) is 4.71. The molecule has 2 aromatic rings. The molecule has 1 heterocycles. The molecule has 0 radical (unpaired) electrons. The van der Waals surface area contributed by atoms with Gasteiger partial charge in [-0.25, -0.2) is 0 Å². The Hall–Kier alpha value is -2.73.